The molecule has 0 aromatic carbocycles. The normalized spacial score (nSPS) is 18.1. The van der Waals surface area contributed by atoms with Gasteiger partial charge in [0.1, 0.15) is 0 Å². The SMILES string of the molecule is CCCN(C(=O)C(C)(C)CC)C1CCNCC1. The Hall–Kier alpha value is -0.570. The van der Waals surface area contributed by atoms with Crippen LogP contribution in [0.2, 0.25) is 0 Å². The van der Waals surface area contributed by atoms with Crippen LogP contribution in [-0.4, -0.2) is 36.5 Å². The minimum absolute atomic E-state index is 0.208. The number of carbonyl (C=O) groups excluding carboxylic acids is 1. The van der Waals surface area contributed by atoms with Crippen LogP contribution in [0.15, 0.2) is 0 Å². The van der Waals surface area contributed by atoms with E-state index in [1.807, 2.05) is 0 Å². The number of rotatable bonds is 5. The number of nitrogens with one attached hydrogen (secondary N) is 1. The van der Waals surface area contributed by atoms with Gasteiger partial charge in [0.15, 0.2) is 0 Å². The van der Waals surface area contributed by atoms with Crippen LogP contribution in [0.5, 0.6) is 0 Å². The molecule has 1 fully saturated rings. The van der Waals surface area contributed by atoms with Crippen LogP contribution in [0.1, 0.15) is 53.4 Å². The Kier molecular flexibility index (Phi) is 5.44. The molecule has 0 saturated carbocycles. The first-order valence-corrected chi connectivity index (χ1v) is 7.04. The monoisotopic (exact) mass is 240 g/mol. The lowest BCUT2D eigenvalue weighted by atomic mass is 9.87. The van der Waals surface area contributed by atoms with E-state index >= 15 is 0 Å². The Balaban J connectivity index is 2.73. The van der Waals surface area contributed by atoms with Crippen LogP contribution in [-0.2, 0) is 4.79 Å². The second-order valence-corrected chi connectivity index (χ2v) is 5.72. The van der Waals surface area contributed by atoms with Gasteiger partial charge in [0.05, 0.1) is 0 Å². The zero-order valence-corrected chi connectivity index (χ0v) is 11.9. The molecule has 3 heteroatoms. The molecule has 0 bridgehead atoms. The summed E-state index contributed by atoms with van der Waals surface area (Å²) in [6.07, 6.45) is 4.17. The molecule has 0 radical (unpaired) electrons. The number of carbonyl (C=O) groups is 1. The van der Waals surface area contributed by atoms with Crippen LogP contribution in [0, 0.1) is 5.41 Å². The largest absolute Gasteiger partial charge is 0.339 e. The van der Waals surface area contributed by atoms with E-state index in [4.69, 9.17) is 0 Å². The number of hydrogen-bond donors (Lipinski definition) is 1. The van der Waals surface area contributed by atoms with Crippen LogP contribution >= 0.6 is 0 Å². The molecule has 17 heavy (non-hydrogen) atoms. The van der Waals surface area contributed by atoms with E-state index < -0.39 is 0 Å². The molecular weight excluding hydrogens is 212 g/mol. The molecule has 1 heterocycles. The van der Waals surface area contributed by atoms with E-state index in [-0.39, 0.29) is 5.41 Å². The zero-order chi connectivity index (χ0) is 12.9. The number of amides is 1. The van der Waals surface area contributed by atoms with E-state index in [0.717, 1.165) is 45.3 Å². The van der Waals surface area contributed by atoms with Gasteiger partial charge >= 0.3 is 0 Å². The van der Waals surface area contributed by atoms with Crippen LogP contribution < -0.4 is 5.32 Å². The summed E-state index contributed by atoms with van der Waals surface area (Å²) in [4.78, 5) is 14.7. The highest BCUT2D eigenvalue weighted by atomic mass is 16.2. The first-order valence-electron chi connectivity index (χ1n) is 7.04. The van der Waals surface area contributed by atoms with Gasteiger partial charge in [0, 0.05) is 18.0 Å². The van der Waals surface area contributed by atoms with Gasteiger partial charge in [0.25, 0.3) is 0 Å². The summed E-state index contributed by atoms with van der Waals surface area (Å²) in [6.45, 7) is 11.4. The van der Waals surface area contributed by atoms with Crippen molar-refractivity contribution >= 4 is 5.91 Å². The average molecular weight is 240 g/mol. The minimum atomic E-state index is -0.208. The molecular formula is C14H28N2O. The van der Waals surface area contributed by atoms with Gasteiger partial charge in [-0.1, -0.05) is 27.7 Å². The number of nitrogens with zero attached hydrogens (tertiary/aromatic N) is 1. The van der Waals surface area contributed by atoms with Crippen molar-refractivity contribution in [1.29, 1.82) is 0 Å². The summed E-state index contributed by atoms with van der Waals surface area (Å²) in [6, 6.07) is 0.453. The van der Waals surface area contributed by atoms with Gasteiger partial charge in [-0.25, -0.2) is 0 Å². The smallest absolute Gasteiger partial charge is 0.228 e. The van der Waals surface area contributed by atoms with Crippen molar-refractivity contribution in [2.24, 2.45) is 5.41 Å². The molecule has 1 aliphatic heterocycles. The van der Waals surface area contributed by atoms with Crippen LogP contribution in [0.3, 0.4) is 0 Å². The average Bonchev–Trinajstić information content (AvgIpc) is 2.36. The van der Waals surface area contributed by atoms with Crippen LogP contribution in [0.25, 0.3) is 0 Å². The van der Waals surface area contributed by atoms with Gasteiger partial charge in [-0.2, -0.15) is 0 Å². The molecule has 1 aliphatic rings. The van der Waals surface area contributed by atoms with E-state index in [2.05, 4.69) is 37.9 Å². The van der Waals surface area contributed by atoms with Gasteiger partial charge in [-0.3, -0.25) is 4.79 Å². The van der Waals surface area contributed by atoms with Crippen molar-refractivity contribution in [2.75, 3.05) is 19.6 Å². The molecule has 1 saturated heterocycles. The Morgan fingerprint density at radius 2 is 1.88 bits per heavy atom. The molecule has 0 atom stereocenters. The lowest BCUT2D eigenvalue weighted by molar-refractivity contribution is -0.143. The Morgan fingerprint density at radius 3 is 2.35 bits per heavy atom. The lowest BCUT2D eigenvalue weighted by Crippen LogP contribution is -2.50. The van der Waals surface area contributed by atoms with E-state index in [1.165, 1.54) is 0 Å². The zero-order valence-electron chi connectivity index (χ0n) is 11.9. The summed E-state index contributed by atoms with van der Waals surface area (Å²) < 4.78 is 0. The highest BCUT2D eigenvalue weighted by molar-refractivity contribution is 5.82. The third-order valence-corrected chi connectivity index (χ3v) is 3.94. The molecule has 1 N–H and O–H groups in total. The fourth-order valence-electron chi connectivity index (χ4n) is 2.35. The molecule has 0 unspecified atom stereocenters. The summed E-state index contributed by atoms with van der Waals surface area (Å²) in [5, 5.41) is 3.37. The van der Waals surface area contributed by atoms with Crippen LogP contribution in [0.4, 0.5) is 0 Å². The van der Waals surface area contributed by atoms with Gasteiger partial charge in [-0.15, -0.1) is 0 Å². The Bertz CT molecular complexity index is 245. The van der Waals surface area contributed by atoms with Gasteiger partial charge in [-0.05, 0) is 38.8 Å². The van der Waals surface area contributed by atoms with Gasteiger partial charge in [0.2, 0.25) is 5.91 Å². The van der Waals surface area contributed by atoms with Crippen molar-refractivity contribution in [3.05, 3.63) is 0 Å². The van der Waals surface area contributed by atoms with Crippen molar-refractivity contribution in [3.8, 4) is 0 Å². The summed E-state index contributed by atoms with van der Waals surface area (Å²) in [7, 11) is 0. The molecule has 1 rings (SSSR count). The first-order chi connectivity index (χ1) is 8.03. The maximum atomic E-state index is 12.6. The molecule has 0 aromatic rings. The van der Waals surface area contributed by atoms with E-state index in [0.29, 0.717) is 11.9 Å². The topological polar surface area (TPSA) is 32.3 Å². The fraction of sp³-hybridized carbons (Fsp3) is 0.929. The van der Waals surface area contributed by atoms with Crippen molar-refractivity contribution in [2.45, 2.75) is 59.4 Å². The Morgan fingerprint density at radius 1 is 1.29 bits per heavy atom. The first kappa shape index (κ1) is 14.5. The lowest BCUT2D eigenvalue weighted by Gasteiger charge is -2.39. The summed E-state index contributed by atoms with van der Waals surface area (Å²) in [5.41, 5.74) is -0.208. The summed E-state index contributed by atoms with van der Waals surface area (Å²) in [5.74, 6) is 0.341. The van der Waals surface area contributed by atoms with Crippen molar-refractivity contribution < 1.29 is 4.79 Å². The quantitative estimate of drug-likeness (QED) is 0.800. The van der Waals surface area contributed by atoms with Crippen molar-refractivity contribution in [1.82, 2.24) is 10.2 Å². The summed E-state index contributed by atoms with van der Waals surface area (Å²) >= 11 is 0. The molecule has 1 amide bonds. The molecule has 0 aromatic heterocycles. The van der Waals surface area contributed by atoms with Crippen molar-refractivity contribution in [3.63, 3.8) is 0 Å². The molecule has 100 valence electrons. The molecule has 0 spiro atoms. The molecule has 0 aliphatic carbocycles. The predicted octanol–water partition coefficient (Wildman–Crippen LogP) is 2.41. The third kappa shape index (κ3) is 3.70. The highest BCUT2D eigenvalue weighted by Gasteiger charge is 2.33. The Labute approximate surface area is 106 Å². The second-order valence-electron chi connectivity index (χ2n) is 5.72. The van der Waals surface area contributed by atoms with E-state index in [9.17, 15) is 4.79 Å². The maximum Gasteiger partial charge on any atom is 0.228 e. The third-order valence-electron chi connectivity index (χ3n) is 3.94. The number of piperidine rings is 1. The molecule has 3 nitrogen and oxygen atoms in total. The van der Waals surface area contributed by atoms with Gasteiger partial charge < -0.3 is 10.2 Å². The highest BCUT2D eigenvalue weighted by Crippen LogP contribution is 2.26. The second kappa shape index (κ2) is 6.39. The van der Waals surface area contributed by atoms with E-state index in [1.54, 1.807) is 0 Å². The maximum absolute atomic E-state index is 12.6. The predicted molar refractivity (Wildman–Crippen MR) is 72.0 cm³/mol. The fourth-order valence-corrected chi connectivity index (χ4v) is 2.35. The number of hydrogen-bond acceptors (Lipinski definition) is 2. The minimum Gasteiger partial charge on any atom is -0.339 e. The standard InChI is InChI=1S/C14H28N2O/c1-5-11-16(12-7-9-15-10-8-12)13(17)14(3,4)6-2/h12,15H,5-11H2,1-4H3.